The smallest absolute Gasteiger partial charge is 0.195 e. The third-order valence-electron chi connectivity index (χ3n) is 5.70. The lowest BCUT2D eigenvalue weighted by molar-refractivity contribution is 0.185. The van der Waals surface area contributed by atoms with Gasteiger partial charge in [0, 0.05) is 31.9 Å². The van der Waals surface area contributed by atoms with Crippen LogP contribution in [0.15, 0.2) is 47.5 Å². The second kappa shape index (κ2) is 12.8. The number of anilines is 1. The maximum atomic E-state index is 5.39. The van der Waals surface area contributed by atoms with Crippen LogP contribution in [0.25, 0.3) is 0 Å². The molecule has 1 saturated heterocycles. The number of nitrogens with one attached hydrogen (secondary N) is 2. The number of halogens is 1. The van der Waals surface area contributed by atoms with E-state index in [2.05, 4.69) is 51.7 Å². The Morgan fingerprint density at radius 2 is 1.71 bits per heavy atom. The van der Waals surface area contributed by atoms with Crippen molar-refractivity contribution in [2.45, 2.75) is 32.9 Å². The number of aliphatic imine (C=N–C) groups is 1. The summed E-state index contributed by atoms with van der Waals surface area (Å²) in [6.07, 6.45) is 2.59. The highest BCUT2D eigenvalue weighted by molar-refractivity contribution is 14.0. The Morgan fingerprint density at radius 1 is 1.03 bits per heavy atom. The van der Waals surface area contributed by atoms with E-state index < -0.39 is 0 Å². The van der Waals surface area contributed by atoms with Crippen molar-refractivity contribution in [3.8, 4) is 11.5 Å². The lowest BCUT2D eigenvalue weighted by Crippen LogP contribution is -2.33. The number of guanidine groups is 1. The van der Waals surface area contributed by atoms with E-state index in [-0.39, 0.29) is 24.0 Å². The van der Waals surface area contributed by atoms with E-state index >= 15 is 0 Å². The number of piperidine rings is 1. The first kappa shape index (κ1) is 25.3. The van der Waals surface area contributed by atoms with Crippen LogP contribution >= 0.6 is 24.0 Å². The van der Waals surface area contributed by atoms with Crippen LogP contribution in [0, 0.1) is 5.92 Å². The minimum Gasteiger partial charge on any atom is -0.493 e. The van der Waals surface area contributed by atoms with E-state index in [4.69, 9.17) is 9.47 Å². The quantitative estimate of drug-likeness (QED) is 0.303. The van der Waals surface area contributed by atoms with Gasteiger partial charge in [0.2, 0.25) is 0 Å². The number of hydrogen-bond acceptors (Lipinski definition) is 4. The molecule has 1 heterocycles. The summed E-state index contributed by atoms with van der Waals surface area (Å²) >= 11 is 0. The molecule has 31 heavy (non-hydrogen) atoms. The highest BCUT2D eigenvalue weighted by atomic mass is 127. The molecule has 0 aliphatic carbocycles. The zero-order valence-corrected chi connectivity index (χ0v) is 21.3. The van der Waals surface area contributed by atoms with E-state index in [1.807, 2.05) is 18.2 Å². The number of hydrogen-bond donors (Lipinski definition) is 2. The maximum Gasteiger partial charge on any atom is 0.195 e. The molecule has 1 fully saturated rings. The van der Waals surface area contributed by atoms with E-state index in [0.717, 1.165) is 18.2 Å². The fraction of sp³-hybridized carbons (Fsp3) is 0.458. The standard InChI is InChI=1S/C24H34N4O2.HI/c1-18-11-13-28(14-12-18)17-20-8-6-5-7-19(20)16-26-24(25-2)27-21-9-10-22(29-3)23(15-21)30-4;/h5-10,15,18H,11-14,16-17H2,1-4H3,(H2,25,26,27);1H. The summed E-state index contributed by atoms with van der Waals surface area (Å²) in [6, 6.07) is 14.4. The van der Waals surface area contributed by atoms with Crippen molar-refractivity contribution in [1.82, 2.24) is 10.2 Å². The van der Waals surface area contributed by atoms with Crippen LogP contribution in [0.5, 0.6) is 11.5 Å². The van der Waals surface area contributed by atoms with E-state index in [1.54, 1.807) is 21.3 Å². The van der Waals surface area contributed by atoms with Gasteiger partial charge in [0.1, 0.15) is 0 Å². The van der Waals surface area contributed by atoms with Gasteiger partial charge >= 0.3 is 0 Å². The molecule has 2 aromatic carbocycles. The molecule has 0 saturated carbocycles. The molecule has 7 heteroatoms. The molecule has 0 bridgehead atoms. The summed E-state index contributed by atoms with van der Waals surface area (Å²) < 4.78 is 10.7. The SMILES string of the molecule is CN=C(NCc1ccccc1CN1CCC(C)CC1)Nc1ccc(OC)c(OC)c1.I. The molecule has 0 spiro atoms. The Balaban J connectivity index is 0.00000341. The van der Waals surface area contributed by atoms with Gasteiger partial charge in [-0.2, -0.15) is 0 Å². The summed E-state index contributed by atoms with van der Waals surface area (Å²) in [5.41, 5.74) is 3.56. The van der Waals surface area contributed by atoms with Crippen molar-refractivity contribution in [2.75, 3.05) is 39.7 Å². The topological polar surface area (TPSA) is 58.1 Å². The molecule has 6 nitrogen and oxygen atoms in total. The summed E-state index contributed by atoms with van der Waals surface area (Å²) in [7, 11) is 5.04. The minimum atomic E-state index is 0. The zero-order valence-electron chi connectivity index (χ0n) is 19.0. The summed E-state index contributed by atoms with van der Waals surface area (Å²) in [5.74, 6) is 2.94. The third-order valence-corrected chi connectivity index (χ3v) is 5.70. The first-order valence-electron chi connectivity index (χ1n) is 10.6. The molecule has 170 valence electrons. The van der Waals surface area contributed by atoms with Gasteiger partial charge in [0.05, 0.1) is 14.2 Å². The van der Waals surface area contributed by atoms with E-state index in [9.17, 15) is 0 Å². The van der Waals surface area contributed by atoms with Crippen LogP contribution in [-0.4, -0.2) is 45.2 Å². The molecule has 2 N–H and O–H groups in total. The predicted octanol–water partition coefficient (Wildman–Crippen LogP) is 4.74. The molecule has 1 aliphatic heterocycles. The maximum absolute atomic E-state index is 5.39. The number of rotatable bonds is 7. The van der Waals surface area contributed by atoms with Crippen molar-refractivity contribution in [3.05, 3.63) is 53.6 Å². The van der Waals surface area contributed by atoms with Crippen molar-refractivity contribution in [1.29, 1.82) is 0 Å². The van der Waals surface area contributed by atoms with Gasteiger partial charge in [0.15, 0.2) is 17.5 Å². The van der Waals surface area contributed by atoms with Crippen molar-refractivity contribution < 1.29 is 9.47 Å². The zero-order chi connectivity index (χ0) is 21.3. The predicted molar refractivity (Wildman–Crippen MR) is 139 cm³/mol. The Bertz CT molecular complexity index is 851. The molecular formula is C24H35IN4O2. The first-order valence-corrected chi connectivity index (χ1v) is 10.6. The Hall–Kier alpha value is -2.00. The number of methoxy groups -OCH3 is 2. The van der Waals surface area contributed by atoms with E-state index in [1.165, 1.54) is 37.1 Å². The van der Waals surface area contributed by atoms with Gasteiger partial charge < -0.3 is 20.1 Å². The largest absolute Gasteiger partial charge is 0.493 e. The number of likely N-dealkylation sites (tertiary alicyclic amines) is 1. The lowest BCUT2D eigenvalue weighted by Gasteiger charge is -2.30. The molecule has 0 atom stereocenters. The van der Waals surface area contributed by atoms with Gasteiger partial charge in [0.25, 0.3) is 0 Å². The van der Waals surface area contributed by atoms with Gasteiger partial charge in [-0.15, -0.1) is 24.0 Å². The van der Waals surface area contributed by atoms with E-state index in [0.29, 0.717) is 24.0 Å². The molecular weight excluding hydrogens is 503 g/mol. The number of nitrogens with zero attached hydrogens (tertiary/aromatic N) is 2. The van der Waals surface area contributed by atoms with Crippen LogP contribution < -0.4 is 20.1 Å². The van der Waals surface area contributed by atoms with Gasteiger partial charge in [-0.05, 0) is 55.1 Å². The fourth-order valence-corrected chi connectivity index (χ4v) is 3.75. The average molecular weight is 538 g/mol. The molecule has 0 radical (unpaired) electrons. The highest BCUT2D eigenvalue weighted by Gasteiger charge is 2.16. The fourth-order valence-electron chi connectivity index (χ4n) is 3.75. The second-order valence-electron chi connectivity index (χ2n) is 7.85. The monoisotopic (exact) mass is 538 g/mol. The normalized spacial score (nSPS) is 15.2. The average Bonchev–Trinajstić information content (AvgIpc) is 2.78. The Kier molecular flexibility index (Phi) is 10.4. The van der Waals surface area contributed by atoms with Gasteiger partial charge in [-0.3, -0.25) is 9.89 Å². The molecule has 2 aromatic rings. The molecule has 1 aliphatic rings. The van der Waals surface area contributed by atoms with Crippen molar-refractivity contribution >= 4 is 35.6 Å². The lowest BCUT2D eigenvalue weighted by atomic mass is 9.98. The summed E-state index contributed by atoms with van der Waals surface area (Å²) in [6.45, 7) is 6.45. The molecule has 0 aromatic heterocycles. The second-order valence-corrected chi connectivity index (χ2v) is 7.85. The van der Waals surface area contributed by atoms with Crippen molar-refractivity contribution in [3.63, 3.8) is 0 Å². The van der Waals surface area contributed by atoms with Gasteiger partial charge in [-0.1, -0.05) is 31.2 Å². The number of benzene rings is 2. The van der Waals surface area contributed by atoms with Crippen molar-refractivity contribution in [2.24, 2.45) is 10.9 Å². The summed E-state index contributed by atoms with van der Waals surface area (Å²) in [4.78, 5) is 6.93. The number of ether oxygens (including phenoxy) is 2. The molecule has 3 rings (SSSR count). The van der Waals surface area contributed by atoms with Crippen LogP contribution in [0.1, 0.15) is 30.9 Å². The van der Waals surface area contributed by atoms with Crippen LogP contribution in [0.4, 0.5) is 5.69 Å². The third kappa shape index (κ3) is 7.28. The van der Waals surface area contributed by atoms with Crippen LogP contribution in [-0.2, 0) is 13.1 Å². The molecule has 0 amide bonds. The van der Waals surface area contributed by atoms with Crippen LogP contribution in [0.2, 0.25) is 0 Å². The Morgan fingerprint density at radius 3 is 2.35 bits per heavy atom. The minimum absolute atomic E-state index is 0. The highest BCUT2D eigenvalue weighted by Crippen LogP contribution is 2.29. The van der Waals surface area contributed by atoms with Crippen LogP contribution in [0.3, 0.4) is 0 Å². The summed E-state index contributed by atoms with van der Waals surface area (Å²) in [5, 5.41) is 6.76. The Labute approximate surface area is 203 Å². The first-order chi connectivity index (χ1) is 14.6. The van der Waals surface area contributed by atoms with Gasteiger partial charge in [-0.25, -0.2) is 0 Å². The molecule has 0 unspecified atom stereocenters.